The number of carboxylic acid groups (broad SMARTS) is 1. The highest BCUT2D eigenvalue weighted by atomic mass is 19.4. The zero-order chi connectivity index (χ0) is 22.1. The number of anilines is 1. The molecule has 1 saturated heterocycles. The highest BCUT2D eigenvalue weighted by Gasteiger charge is 2.33. The van der Waals surface area contributed by atoms with Gasteiger partial charge in [-0.25, -0.2) is 14.8 Å². The van der Waals surface area contributed by atoms with Crippen LogP contribution in [-0.2, 0) is 22.1 Å². The van der Waals surface area contributed by atoms with Crippen molar-refractivity contribution in [2.45, 2.75) is 45.7 Å². The second-order valence-corrected chi connectivity index (χ2v) is 7.01. The van der Waals surface area contributed by atoms with Crippen LogP contribution in [-0.4, -0.2) is 40.5 Å². The van der Waals surface area contributed by atoms with E-state index < -0.39 is 30.0 Å². The SMILES string of the molecule is Cc1nc(N[C@H](C)c2cccc(C(F)(F)F)c2C)c(CC2OCCO2)c(C(=O)O)n1. The molecule has 1 fully saturated rings. The lowest BCUT2D eigenvalue weighted by Gasteiger charge is -2.23. The molecule has 3 rings (SSSR count). The molecule has 0 saturated carbocycles. The van der Waals surface area contributed by atoms with Crippen LogP contribution in [0.15, 0.2) is 18.2 Å². The summed E-state index contributed by atoms with van der Waals surface area (Å²) in [4.78, 5) is 20.1. The summed E-state index contributed by atoms with van der Waals surface area (Å²) in [5, 5.41) is 12.6. The van der Waals surface area contributed by atoms with Crippen molar-refractivity contribution >= 4 is 11.8 Å². The van der Waals surface area contributed by atoms with E-state index in [2.05, 4.69) is 15.3 Å². The molecular formula is C20H22F3N3O4. The third kappa shape index (κ3) is 4.71. The summed E-state index contributed by atoms with van der Waals surface area (Å²) >= 11 is 0. The standard InChI is InChI=1S/C20H22F3N3O4/c1-10-13(5-4-6-15(10)20(21,22)23)11(2)24-18-14(9-16-29-7-8-30-16)17(19(27)28)25-12(3)26-18/h4-6,11,16H,7-9H2,1-3H3,(H,27,28)(H,24,25,26)/t11-/m1/s1. The number of carboxylic acids is 1. The molecule has 10 heteroatoms. The Morgan fingerprint density at radius 2 is 1.93 bits per heavy atom. The Labute approximate surface area is 171 Å². The van der Waals surface area contributed by atoms with Crippen LogP contribution in [0.5, 0.6) is 0 Å². The Morgan fingerprint density at radius 1 is 1.27 bits per heavy atom. The Bertz CT molecular complexity index is 944. The van der Waals surface area contributed by atoms with Gasteiger partial charge in [-0.1, -0.05) is 12.1 Å². The molecule has 1 aliphatic heterocycles. The smallest absolute Gasteiger partial charge is 0.416 e. The van der Waals surface area contributed by atoms with Gasteiger partial charge in [-0.3, -0.25) is 0 Å². The summed E-state index contributed by atoms with van der Waals surface area (Å²) < 4.78 is 50.6. The maximum absolute atomic E-state index is 13.3. The number of hydrogen-bond donors (Lipinski definition) is 2. The Hall–Kier alpha value is -2.72. The number of aromatic carboxylic acids is 1. The van der Waals surface area contributed by atoms with Crippen LogP contribution in [0.4, 0.5) is 19.0 Å². The van der Waals surface area contributed by atoms with E-state index >= 15 is 0 Å². The summed E-state index contributed by atoms with van der Waals surface area (Å²) in [5.74, 6) is -0.789. The van der Waals surface area contributed by atoms with Gasteiger partial charge in [-0.15, -0.1) is 0 Å². The van der Waals surface area contributed by atoms with E-state index in [-0.39, 0.29) is 34.9 Å². The van der Waals surface area contributed by atoms with Gasteiger partial charge in [0.1, 0.15) is 11.6 Å². The van der Waals surface area contributed by atoms with Gasteiger partial charge in [0.05, 0.1) is 24.8 Å². The second-order valence-electron chi connectivity index (χ2n) is 7.01. The zero-order valence-corrected chi connectivity index (χ0v) is 16.7. The number of nitrogens with zero attached hydrogens (tertiary/aromatic N) is 2. The van der Waals surface area contributed by atoms with Crippen LogP contribution < -0.4 is 5.32 Å². The second kappa shape index (κ2) is 8.57. The van der Waals surface area contributed by atoms with Crippen LogP contribution in [0.1, 0.15) is 51.5 Å². The molecule has 1 aromatic carbocycles. The quantitative estimate of drug-likeness (QED) is 0.725. The molecule has 0 radical (unpaired) electrons. The van der Waals surface area contributed by atoms with Gasteiger partial charge in [-0.05, 0) is 38.0 Å². The maximum Gasteiger partial charge on any atom is 0.416 e. The molecule has 0 unspecified atom stereocenters. The molecule has 1 aromatic heterocycles. The number of hydrogen-bond acceptors (Lipinski definition) is 6. The van der Waals surface area contributed by atoms with Gasteiger partial charge < -0.3 is 19.9 Å². The molecule has 7 nitrogen and oxygen atoms in total. The van der Waals surface area contributed by atoms with E-state index in [1.54, 1.807) is 19.9 Å². The topological polar surface area (TPSA) is 93.6 Å². The van der Waals surface area contributed by atoms with Crippen LogP contribution in [0.25, 0.3) is 0 Å². The van der Waals surface area contributed by atoms with Crippen molar-refractivity contribution in [2.24, 2.45) is 0 Å². The number of rotatable bonds is 6. The van der Waals surface area contributed by atoms with Crippen LogP contribution >= 0.6 is 0 Å². The van der Waals surface area contributed by atoms with E-state index in [1.807, 2.05) is 0 Å². The molecule has 0 amide bonds. The van der Waals surface area contributed by atoms with Crippen molar-refractivity contribution in [3.63, 3.8) is 0 Å². The van der Waals surface area contributed by atoms with E-state index in [0.29, 0.717) is 18.8 Å². The largest absolute Gasteiger partial charge is 0.476 e. The lowest BCUT2D eigenvalue weighted by Crippen LogP contribution is -2.21. The Kier molecular flexibility index (Phi) is 6.27. The summed E-state index contributed by atoms with van der Waals surface area (Å²) in [7, 11) is 0. The van der Waals surface area contributed by atoms with Crippen LogP contribution in [0, 0.1) is 13.8 Å². The molecule has 1 atom stereocenters. The monoisotopic (exact) mass is 425 g/mol. The first kappa shape index (κ1) is 22.0. The molecule has 2 N–H and O–H groups in total. The minimum absolute atomic E-state index is 0.0956. The summed E-state index contributed by atoms with van der Waals surface area (Å²) in [6.45, 7) is 5.42. The van der Waals surface area contributed by atoms with Gasteiger partial charge in [-0.2, -0.15) is 13.2 Å². The van der Waals surface area contributed by atoms with Crippen molar-refractivity contribution in [3.8, 4) is 0 Å². The lowest BCUT2D eigenvalue weighted by molar-refractivity contribution is -0.138. The first-order valence-electron chi connectivity index (χ1n) is 9.35. The predicted octanol–water partition coefficient (Wildman–Crippen LogP) is 3.90. The van der Waals surface area contributed by atoms with E-state index in [1.165, 1.54) is 13.0 Å². The molecule has 0 aliphatic carbocycles. The van der Waals surface area contributed by atoms with Crippen molar-refractivity contribution in [3.05, 3.63) is 52.0 Å². The zero-order valence-electron chi connectivity index (χ0n) is 16.7. The fourth-order valence-electron chi connectivity index (χ4n) is 3.49. The first-order valence-corrected chi connectivity index (χ1v) is 9.35. The summed E-state index contributed by atoms with van der Waals surface area (Å²) in [6, 6.07) is 3.39. The Balaban J connectivity index is 1.98. The molecule has 30 heavy (non-hydrogen) atoms. The highest BCUT2D eigenvalue weighted by molar-refractivity contribution is 5.88. The summed E-state index contributed by atoms with van der Waals surface area (Å²) in [6.07, 6.45) is -5.01. The summed E-state index contributed by atoms with van der Waals surface area (Å²) in [5.41, 5.74) is -0.115. The number of ether oxygens (including phenoxy) is 2. The van der Waals surface area contributed by atoms with Gasteiger partial charge in [0.2, 0.25) is 0 Å². The Morgan fingerprint density at radius 3 is 2.53 bits per heavy atom. The normalized spacial score (nSPS) is 15.9. The minimum atomic E-state index is -4.47. The lowest BCUT2D eigenvalue weighted by atomic mass is 9.97. The molecule has 2 aromatic rings. The number of halogens is 3. The average Bonchev–Trinajstić information content (AvgIpc) is 3.15. The van der Waals surface area contributed by atoms with Gasteiger partial charge in [0, 0.05) is 12.0 Å². The van der Waals surface area contributed by atoms with Crippen molar-refractivity contribution in [2.75, 3.05) is 18.5 Å². The van der Waals surface area contributed by atoms with Crippen molar-refractivity contribution < 1.29 is 32.5 Å². The minimum Gasteiger partial charge on any atom is -0.476 e. The maximum atomic E-state index is 13.3. The van der Waals surface area contributed by atoms with Crippen molar-refractivity contribution in [1.82, 2.24) is 9.97 Å². The van der Waals surface area contributed by atoms with Crippen LogP contribution in [0.3, 0.4) is 0 Å². The van der Waals surface area contributed by atoms with E-state index in [4.69, 9.17) is 9.47 Å². The fourth-order valence-corrected chi connectivity index (χ4v) is 3.49. The third-order valence-electron chi connectivity index (χ3n) is 4.88. The third-order valence-corrected chi connectivity index (χ3v) is 4.88. The molecular weight excluding hydrogens is 403 g/mol. The molecule has 0 bridgehead atoms. The molecule has 162 valence electrons. The van der Waals surface area contributed by atoms with E-state index in [9.17, 15) is 23.1 Å². The molecule has 2 heterocycles. The van der Waals surface area contributed by atoms with Gasteiger partial charge >= 0.3 is 12.1 Å². The van der Waals surface area contributed by atoms with Gasteiger partial charge in [0.15, 0.2) is 12.0 Å². The number of carbonyl (C=O) groups is 1. The van der Waals surface area contributed by atoms with E-state index in [0.717, 1.165) is 6.07 Å². The fraction of sp³-hybridized carbons (Fsp3) is 0.450. The first-order chi connectivity index (χ1) is 14.1. The molecule has 1 aliphatic rings. The van der Waals surface area contributed by atoms with Crippen molar-refractivity contribution in [1.29, 1.82) is 0 Å². The molecule has 0 spiro atoms. The number of aryl methyl sites for hydroxylation is 1. The van der Waals surface area contributed by atoms with Crippen LogP contribution in [0.2, 0.25) is 0 Å². The average molecular weight is 425 g/mol. The number of benzene rings is 1. The number of nitrogens with one attached hydrogen (secondary N) is 1. The number of aromatic nitrogens is 2. The number of alkyl halides is 3. The predicted molar refractivity (Wildman–Crippen MR) is 101 cm³/mol. The highest BCUT2D eigenvalue weighted by Crippen LogP contribution is 2.35. The van der Waals surface area contributed by atoms with Gasteiger partial charge in [0.25, 0.3) is 0 Å².